The second-order valence-corrected chi connectivity index (χ2v) is 9.19. The maximum absolute atomic E-state index is 13.1. The third-order valence-corrected chi connectivity index (χ3v) is 6.68. The summed E-state index contributed by atoms with van der Waals surface area (Å²) >= 11 is 0. The van der Waals surface area contributed by atoms with E-state index in [-0.39, 0.29) is 11.6 Å². The summed E-state index contributed by atoms with van der Waals surface area (Å²) in [7, 11) is 1.98. The Balaban J connectivity index is 1.89. The molecule has 8 nitrogen and oxygen atoms in total. The number of aryl methyl sites for hydroxylation is 1. The maximum atomic E-state index is 13.1. The molecule has 0 aromatic carbocycles. The number of fused-ring (bicyclic) bond motifs is 1. The first-order chi connectivity index (χ1) is 15.2. The summed E-state index contributed by atoms with van der Waals surface area (Å²) in [6.07, 6.45) is 1.38. The van der Waals surface area contributed by atoms with Crippen LogP contribution in [0.5, 0.6) is 0 Å². The van der Waals surface area contributed by atoms with E-state index in [4.69, 9.17) is 5.73 Å². The van der Waals surface area contributed by atoms with E-state index in [1.54, 1.807) is 36.4 Å². The van der Waals surface area contributed by atoms with Crippen molar-refractivity contribution >= 4 is 33.8 Å². The Labute approximate surface area is 184 Å². The highest BCUT2D eigenvalue weighted by Gasteiger charge is 2.34. The van der Waals surface area contributed by atoms with Crippen molar-refractivity contribution in [3.05, 3.63) is 29.9 Å². The van der Waals surface area contributed by atoms with Gasteiger partial charge in [-0.2, -0.15) is 13.2 Å². The van der Waals surface area contributed by atoms with Gasteiger partial charge in [-0.05, 0) is 18.9 Å². The molecule has 1 fully saturated rings. The molecule has 1 saturated carbocycles. The van der Waals surface area contributed by atoms with Gasteiger partial charge in [0.1, 0.15) is 17.0 Å². The van der Waals surface area contributed by atoms with Crippen molar-refractivity contribution < 1.29 is 21.9 Å². The Morgan fingerprint density at radius 2 is 2.19 bits per heavy atom. The van der Waals surface area contributed by atoms with Gasteiger partial charge >= 0.3 is 11.8 Å². The zero-order valence-corrected chi connectivity index (χ0v) is 18.6. The highest BCUT2D eigenvalue weighted by Crippen LogP contribution is 2.32. The lowest BCUT2D eigenvalue weighted by Gasteiger charge is -2.05. The highest BCUT2D eigenvalue weighted by atomic mass is 32.2. The van der Waals surface area contributed by atoms with E-state index in [1.807, 2.05) is 0 Å². The molecule has 1 unspecified atom stereocenters. The Morgan fingerprint density at radius 1 is 1.47 bits per heavy atom. The van der Waals surface area contributed by atoms with Gasteiger partial charge < -0.3 is 10.3 Å². The van der Waals surface area contributed by atoms with Crippen LogP contribution in [0.3, 0.4) is 0 Å². The van der Waals surface area contributed by atoms with Crippen LogP contribution < -0.4 is 10.3 Å². The number of halogens is 3. The summed E-state index contributed by atoms with van der Waals surface area (Å²) < 4.78 is 55.6. The minimum atomic E-state index is -4.51. The number of alkyl halides is 3. The number of aromatic nitrogens is 5. The molecule has 0 bridgehead atoms. The molecule has 0 saturated heterocycles. The maximum Gasteiger partial charge on any atom is 0.419 e. The number of hydrogen-bond acceptors (Lipinski definition) is 5. The van der Waals surface area contributed by atoms with Crippen molar-refractivity contribution in [2.24, 2.45) is 24.8 Å². The molecule has 3 aromatic rings. The molecular formula is C20H23F3N7OS+. The predicted molar refractivity (Wildman–Crippen MR) is 115 cm³/mol. The largest absolute Gasteiger partial charge is 0.419 e. The zero-order valence-electron chi connectivity index (χ0n) is 17.8. The van der Waals surface area contributed by atoms with Gasteiger partial charge in [-0.3, -0.25) is 14.2 Å². The van der Waals surface area contributed by atoms with Gasteiger partial charge in [-0.1, -0.05) is 6.92 Å². The van der Waals surface area contributed by atoms with Gasteiger partial charge in [0.15, 0.2) is 11.2 Å². The predicted octanol–water partition coefficient (Wildman–Crippen LogP) is 2.47. The summed E-state index contributed by atoms with van der Waals surface area (Å²) in [4.78, 5) is 16.1. The van der Waals surface area contributed by atoms with Crippen LogP contribution in [0.25, 0.3) is 28.3 Å². The van der Waals surface area contributed by atoms with Gasteiger partial charge in [0.25, 0.3) is 5.82 Å². The first-order valence-corrected chi connectivity index (χ1v) is 11.3. The van der Waals surface area contributed by atoms with Gasteiger partial charge in [0, 0.05) is 25.2 Å². The molecule has 0 aliphatic heterocycles. The molecule has 3 N–H and O–H groups in total. The Kier molecular flexibility index (Phi) is 5.65. The van der Waals surface area contributed by atoms with Crippen molar-refractivity contribution in [3.8, 4) is 11.5 Å². The molecule has 12 heteroatoms. The quantitative estimate of drug-likeness (QED) is 0.430. The number of pyridine rings is 1. The SMILES string of the molecule is CCS(=O)c1c(-c2[nH]c3cc(C(F)(F)F)cnc3[n+]2C)nc(/C(C=NC2CC2)=C/N)n1C. The summed E-state index contributed by atoms with van der Waals surface area (Å²) in [6.45, 7) is 1.78. The average Bonchev–Trinajstić information content (AvgIpc) is 3.45. The van der Waals surface area contributed by atoms with Gasteiger partial charge in [-0.25, -0.2) is 9.55 Å². The molecule has 32 heavy (non-hydrogen) atoms. The average molecular weight is 467 g/mol. The number of nitrogens with zero attached hydrogens (tertiary/aromatic N) is 5. The molecule has 1 atom stereocenters. The van der Waals surface area contributed by atoms with Crippen LogP contribution in [0.1, 0.15) is 31.2 Å². The first-order valence-electron chi connectivity index (χ1n) is 10.0. The lowest BCUT2D eigenvalue weighted by Crippen LogP contribution is -2.30. The molecular weight excluding hydrogens is 443 g/mol. The van der Waals surface area contributed by atoms with E-state index in [2.05, 4.69) is 19.9 Å². The van der Waals surface area contributed by atoms with Crippen LogP contribution in [0, 0.1) is 0 Å². The molecule has 4 rings (SSSR count). The number of rotatable bonds is 6. The number of imidazole rings is 2. The van der Waals surface area contributed by atoms with Crippen molar-refractivity contribution in [1.29, 1.82) is 0 Å². The van der Waals surface area contributed by atoms with Crippen LogP contribution in [0.2, 0.25) is 0 Å². The fourth-order valence-corrected chi connectivity index (χ4v) is 4.41. The molecule has 0 spiro atoms. The number of nitrogens with one attached hydrogen (secondary N) is 1. The zero-order chi connectivity index (χ0) is 23.2. The highest BCUT2D eigenvalue weighted by molar-refractivity contribution is 7.85. The van der Waals surface area contributed by atoms with E-state index in [0.29, 0.717) is 39.3 Å². The van der Waals surface area contributed by atoms with E-state index in [9.17, 15) is 17.4 Å². The van der Waals surface area contributed by atoms with Gasteiger partial charge in [-0.15, -0.1) is 4.98 Å². The number of aromatic amines is 1. The smallest absolute Gasteiger partial charge is 0.404 e. The van der Waals surface area contributed by atoms with Crippen LogP contribution >= 0.6 is 0 Å². The van der Waals surface area contributed by atoms with Crippen LogP contribution in [-0.4, -0.2) is 41.7 Å². The molecule has 1 aliphatic carbocycles. The minimum absolute atomic E-state index is 0.197. The first kappa shape index (κ1) is 22.2. The fourth-order valence-electron chi connectivity index (χ4n) is 3.39. The van der Waals surface area contributed by atoms with Crippen molar-refractivity contribution in [1.82, 2.24) is 19.5 Å². The summed E-state index contributed by atoms with van der Waals surface area (Å²) in [5.41, 5.74) is 6.40. The third-order valence-electron chi connectivity index (χ3n) is 5.25. The lowest BCUT2D eigenvalue weighted by atomic mass is 10.2. The molecule has 170 valence electrons. The second-order valence-electron chi connectivity index (χ2n) is 7.54. The van der Waals surface area contributed by atoms with Crippen LogP contribution in [0.15, 0.2) is 28.5 Å². The Morgan fingerprint density at radius 3 is 2.78 bits per heavy atom. The van der Waals surface area contributed by atoms with E-state index in [1.165, 1.54) is 6.20 Å². The summed E-state index contributed by atoms with van der Waals surface area (Å²) in [5, 5.41) is 0.430. The second kappa shape index (κ2) is 8.15. The lowest BCUT2D eigenvalue weighted by molar-refractivity contribution is -0.635. The van der Waals surface area contributed by atoms with Crippen LogP contribution in [0.4, 0.5) is 13.2 Å². The number of allylic oxidation sites excluding steroid dienone is 1. The number of nitrogens with two attached hydrogens (primary N) is 1. The number of hydrogen-bond donors (Lipinski definition) is 2. The third kappa shape index (κ3) is 3.94. The van der Waals surface area contributed by atoms with Crippen molar-refractivity contribution in [2.75, 3.05) is 5.75 Å². The topological polar surface area (TPSA) is 106 Å². The van der Waals surface area contributed by atoms with Crippen LogP contribution in [-0.2, 0) is 31.1 Å². The van der Waals surface area contributed by atoms with Crippen molar-refractivity contribution in [2.45, 2.75) is 37.0 Å². The molecule has 3 heterocycles. The van der Waals surface area contributed by atoms with Gasteiger partial charge in [0.2, 0.25) is 0 Å². The van der Waals surface area contributed by atoms with E-state index in [0.717, 1.165) is 25.1 Å². The Hall–Kier alpha value is -3.02. The van der Waals surface area contributed by atoms with E-state index >= 15 is 0 Å². The Bertz CT molecular complexity index is 1270. The molecule has 0 amide bonds. The summed E-state index contributed by atoms with van der Waals surface area (Å²) in [6, 6.07) is 1.29. The standard InChI is InChI=1S/C20H22F3N7OS/c1-4-32(31)19-15(28-16(30(19)3)11(8-24)9-25-13-5-6-13)18-27-14-7-12(20(21,22)23)10-26-17(14)29(18)2/h7-10,13H,4-6H2,1-3H3,(H2,24,25,28)/p+1. The summed E-state index contributed by atoms with van der Waals surface area (Å²) in [5.74, 6) is 1.19. The monoisotopic (exact) mass is 466 g/mol. The molecule has 0 radical (unpaired) electrons. The number of H-pyrrole nitrogens is 1. The molecule has 1 aliphatic rings. The van der Waals surface area contributed by atoms with Crippen molar-refractivity contribution in [3.63, 3.8) is 0 Å². The normalized spacial score (nSPS) is 16.4. The van der Waals surface area contributed by atoms with E-state index < -0.39 is 22.5 Å². The van der Waals surface area contributed by atoms with Gasteiger partial charge in [0.05, 0.1) is 35.0 Å². The molecule has 3 aromatic heterocycles. The minimum Gasteiger partial charge on any atom is -0.404 e. The fraction of sp³-hybridized carbons (Fsp3) is 0.400. The number of aliphatic imine (C=N–C) groups is 1.